The molecule has 0 fully saturated rings. The first kappa shape index (κ1) is 16.2. The molecule has 1 heterocycles. The van der Waals surface area contributed by atoms with Crippen LogP contribution in [0.2, 0.25) is 0 Å². The molecule has 0 atom stereocenters. The van der Waals surface area contributed by atoms with Crippen molar-refractivity contribution in [2.24, 2.45) is 7.05 Å². The third-order valence-electron chi connectivity index (χ3n) is 2.69. The molecule has 0 spiro atoms. The van der Waals surface area contributed by atoms with Gasteiger partial charge in [-0.05, 0) is 6.42 Å². The van der Waals surface area contributed by atoms with E-state index >= 15 is 0 Å². The molecule has 0 aliphatic rings. The Labute approximate surface area is 116 Å². The Morgan fingerprint density at radius 2 is 2.00 bits per heavy atom. The lowest BCUT2D eigenvalue weighted by molar-refractivity contribution is -0.146. The molecular weight excluding hydrogens is 264 g/mol. The van der Waals surface area contributed by atoms with Gasteiger partial charge in [-0.3, -0.25) is 18.7 Å². The van der Waals surface area contributed by atoms with E-state index in [4.69, 9.17) is 9.47 Å². The molecule has 112 valence electrons. The van der Waals surface area contributed by atoms with Crippen LogP contribution in [0, 0.1) is 0 Å². The molecule has 7 heteroatoms. The Kier molecular flexibility index (Phi) is 6.72. The molecule has 0 aliphatic heterocycles. The Hall–Kier alpha value is -1.89. The van der Waals surface area contributed by atoms with Crippen LogP contribution in [0.4, 0.5) is 0 Å². The van der Waals surface area contributed by atoms with Gasteiger partial charge in [0.1, 0.15) is 13.2 Å². The van der Waals surface area contributed by atoms with Crippen molar-refractivity contribution in [3.8, 4) is 0 Å². The van der Waals surface area contributed by atoms with Crippen LogP contribution in [0.15, 0.2) is 21.9 Å². The number of carbonyl (C=O) groups excluding carboxylic acids is 1. The third kappa shape index (κ3) is 5.00. The van der Waals surface area contributed by atoms with Crippen molar-refractivity contribution in [3.05, 3.63) is 33.1 Å². The van der Waals surface area contributed by atoms with Gasteiger partial charge >= 0.3 is 11.7 Å². The second-order valence-electron chi connectivity index (χ2n) is 4.31. The van der Waals surface area contributed by atoms with Gasteiger partial charge in [0, 0.05) is 25.9 Å². The number of ether oxygens (including phenoxy) is 2. The Morgan fingerprint density at radius 3 is 2.70 bits per heavy atom. The Bertz CT molecular complexity index is 546. The first-order chi connectivity index (χ1) is 9.56. The lowest BCUT2D eigenvalue weighted by Crippen LogP contribution is -2.38. The minimum Gasteiger partial charge on any atom is -0.462 e. The fourth-order valence-corrected chi connectivity index (χ4v) is 1.48. The summed E-state index contributed by atoms with van der Waals surface area (Å²) in [5.74, 6) is -0.537. The van der Waals surface area contributed by atoms with Crippen LogP contribution in [0.25, 0.3) is 0 Å². The third-order valence-corrected chi connectivity index (χ3v) is 2.69. The van der Waals surface area contributed by atoms with E-state index in [0.29, 0.717) is 13.2 Å². The standard InChI is InChI=1S/C13H20N2O5/c1-3-4-7-19-8-9-20-12(17)10-15-6-5-11(16)14(2)13(15)18/h5-6H,3-4,7-10H2,1-2H3. The largest absolute Gasteiger partial charge is 0.462 e. The van der Waals surface area contributed by atoms with Crippen molar-refractivity contribution in [1.29, 1.82) is 0 Å². The number of aromatic nitrogens is 2. The predicted octanol–water partition coefficient (Wildman–Crippen LogP) is -0.0931. The molecule has 1 rings (SSSR count). The maximum absolute atomic E-state index is 11.7. The van der Waals surface area contributed by atoms with Gasteiger partial charge in [-0.1, -0.05) is 13.3 Å². The summed E-state index contributed by atoms with van der Waals surface area (Å²) in [7, 11) is 1.36. The smallest absolute Gasteiger partial charge is 0.331 e. The molecular formula is C13H20N2O5. The lowest BCUT2D eigenvalue weighted by atomic mass is 10.4. The Morgan fingerprint density at radius 1 is 1.25 bits per heavy atom. The highest BCUT2D eigenvalue weighted by molar-refractivity contribution is 5.69. The van der Waals surface area contributed by atoms with E-state index < -0.39 is 17.2 Å². The zero-order chi connectivity index (χ0) is 15.0. The molecule has 0 unspecified atom stereocenters. The molecule has 7 nitrogen and oxygen atoms in total. The number of rotatable bonds is 8. The molecule has 0 saturated carbocycles. The highest BCUT2D eigenvalue weighted by Gasteiger charge is 2.07. The zero-order valence-corrected chi connectivity index (χ0v) is 11.8. The highest BCUT2D eigenvalue weighted by atomic mass is 16.6. The minimum absolute atomic E-state index is 0.156. The van der Waals surface area contributed by atoms with Crippen LogP contribution in [0.5, 0.6) is 0 Å². The molecule has 0 N–H and O–H groups in total. The topological polar surface area (TPSA) is 79.5 Å². The van der Waals surface area contributed by atoms with Crippen LogP contribution in [-0.2, 0) is 27.9 Å². The molecule has 1 aromatic heterocycles. The van der Waals surface area contributed by atoms with Crippen molar-refractivity contribution in [2.45, 2.75) is 26.3 Å². The van der Waals surface area contributed by atoms with Gasteiger partial charge in [0.05, 0.1) is 6.61 Å². The molecule has 0 radical (unpaired) electrons. The average molecular weight is 284 g/mol. The first-order valence-corrected chi connectivity index (χ1v) is 6.56. The second-order valence-corrected chi connectivity index (χ2v) is 4.31. The summed E-state index contributed by atoms with van der Waals surface area (Å²) >= 11 is 0. The zero-order valence-electron chi connectivity index (χ0n) is 11.8. The van der Waals surface area contributed by atoms with Crippen molar-refractivity contribution >= 4 is 5.97 Å². The van der Waals surface area contributed by atoms with Crippen molar-refractivity contribution < 1.29 is 14.3 Å². The molecule has 0 aliphatic carbocycles. The van der Waals surface area contributed by atoms with E-state index in [1.165, 1.54) is 19.3 Å². The van der Waals surface area contributed by atoms with Gasteiger partial charge in [-0.25, -0.2) is 4.79 Å². The van der Waals surface area contributed by atoms with Crippen LogP contribution in [0.1, 0.15) is 19.8 Å². The predicted molar refractivity (Wildman–Crippen MR) is 72.6 cm³/mol. The van der Waals surface area contributed by atoms with E-state index in [0.717, 1.165) is 22.0 Å². The second kappa shape index (κ2) is 8.31. The summed E-state index contributed by atoms with van der Waals surface area (Å²) in [6.07, 6.45) is 3.31. The van der Waals surface area contributed by atoms with Gasteiger partial charge in [-0.15, -0.1) is 0 Å². The summed E-state index contributed by atoms with van der Waals surface area (Å²) < 4.78 is 12.2. The van der Waals surface area contributed by atoms with E-state index in [-0.39, 0.29) is 13.2 Å². The van der Waals surface area contributed by atoms with Crippen LogP contribution < -0.4 is 11.2 Å². The van der Waals surface area contributed by atoms with Crippen LogP contribution in [0.3, 0.4) is 0 Å². The van der Waals surface area contributed by atoms with E-state index in [1.807, 2.05) is 0 Å². The number of unbranched alkanes of at least 4 members (excludes halogenated alkanes) is 1. The lowest BCUT2D eigenvalue weighted by Gasteiger charge is -2.08. The molecule has 0 bridgehead atoms. The summed E-state index contributed by atoms with van der Waals surface area (Å²) in [4.78, 5) is 34.4. The molecule has 20 heavy (non-hydrogen) atoms. The van der Waals surface area contributed by atoms with E-state index in [9.17, 15) is 14.4 Å². The summed E-state index contributed by atoms with van der Waals surface area (Å²) in [5.41, 5.74) is -0.961. The highest BCUT2D eigenvalue weighted by Crippen LogP contribution is 1.89. The van der Waals surface area contributed by atoms with Gasteiger partial charge in [0.25, 0.3) is 5.56 Å². The van der Waals surface area contributed by atoms with Crippen LogP contribution in [-0.4, -0.2) is 34.9 Å². The molecule has 1 aromatic rings. The maximum atomic E-state index is 11.7. The van der Waals surface area contributed by atoms with Gasteiger partial charge in [0.2, 0.25) is 0 Å². The first-order valence-electron chi connectivity index (χ1n) is 6.56. The SMILES string of the molecule is CCCCOCCOC(=O)Cn1ccc(=O)n(C)c1=O. The van der Waals surface area contributed by atoms with E-state index in [2.05, 4.69) is 6.92 Å². The maximum Gasteiger partial charge on any atom is 0.331 e. The van der Waals surface area contributed by atoms with Crippen molar-refractivity contribution in [1.82, 2.24) is 9.13 Å². The average Bonchev–Trinajstić information content (AvgIpc) is 2.43. The van der Waals surface area contributed by atoms with E-state index in [1.54, 1.807) is 0 Å². The number of carbonyl (C=O) groups is 1. The fraction of sp³-hybridized carbons (Fsp3) is 0.615. The van der Waals surface area contributed by atoms with Crippen molar-refractivity contribution in [3.63, 3.8) is 0 Å². The fourth-order valence-electron chi connectivity index (χ4n) is 1.48. The number of esters is 1. The molecule has 0 aromatic carbocycles. The summed E-state index contributed by atoms with van der Waals surface area (Å²) in [5, 5.41) is 0. The number of hydrogen-bond acceptors (Lipinski definition) is 5. The monoisotopic (exact) mass is 284 g/mol. The van der Waals surface area contributed by atoms with Gasteiger partial charge in [-0.2, -0.15) is 0 Å². The summed E-state index contributed by atoms with van der Waals surface area (Å²) in [6.45, 7) is 2.99. The van der Waals surface area contributed by atoms with Gasteiger partial charge < -0.3 is 9.47 Å². The Balaban J connectivity index is 2.38. The molecule has 0 saturated heterocycles. The number of nitrogens with zero attached hydrogens (tertiary/aromatic N) is 2. The molecule has 0 amide bonds. The normalized spacial score (nSPS) is 10.5. The minimum atomic E-state index is -0.548. The van der Waals surface area contributed by atoms with Gasteiger partial charge in [0.15, 0.2) is 0 Å². The summed E-state index contributed by atoms with van der Waals surface area (Å²) in [6, 6.07) is 1.22. The number of hydrogen-bond donors (Lipinski definition) is 0. The quantitative estimate of drug-likeness (QED) is 0.492. The van der Waals surface area contributed by atoms with Crippen LogP contribution >= 0.6 is 0 Å². The van der Waals surface area contributed by atoms with Crippen molar-refractivity contribution in [2.75, 3.05) is 19.8 Å².